The number of hydrogen-bond donors (Lipinski definition) is 1. The van der Waals surface area contributed by atoms with Crippen LogP contribution in [0.1, 0.15) is 12.5 Å². The number of para-hydroxylation sites is 1. The minimum atomic E-state index is -0.325. The molecule has 1 amide bonds. The van der Waals surface area contributed by atoms with E-state index in [-0.39, 0.29) is 12.5 Å². The molecule has 0 fully saturated rings. The van der Waals surface area contributed by atoms with Gasteiger partial charge in [-0.25, -0.2) is 5.43 Å². The highest BCUT2D eigenvalue weighted by Gasteiger charge is 2.09. The van der Waals surface area contributed by atoms with E-state index in [2.05, 4.69) is 10.5 Å². The van der Waals surface area contributed by atoms with Gasteiger partial charge in [0.15, 0.2) is 18.1 Å². The number of hydrogen-bond acceptors (Lipinski definition) is 5. The van der Waals surface area contributed by atoms with Crippen molar-refractivity contribution < 1.29 is 19.0 Å². The first-order valence-corrected chi connectivity index (χ1v) is 9.91. The zero-order valence-corrected chi connectivity index (χ0v) is 17.9. The van der Waals surface area contributed by atoms with Crippen LogP contribution in [0.5, 0.6) is 17.2 Å². The number of methoxy groups -OCH3 is 2. The fourth-order valence-electron chi connectivity index (χ4n) is 3.11. The zero-order chi connectivity index (χ0) is 22.1. The van der Waals surface area contributed by atoms with Crippen molar-refractivity contribution in [1.82, 2.24) is 5.43 Å². The second-order valence-electron chi connectivity index (χ2n) is 6.90. The summed E-state index contributed by atoms with van der Waals surface area (Å²) >= 11 is 0. The molecule has 6 nitrogen and oxygen atoms in total. The first kappa shape index (κ1) is 21.9. The quantitative estimate of drug-likeness (QED) is 0.411. The Labute approximate surface area is 182 Å². The summed E-state index contributed by atoms with van der Waals surface area (Å²) in [4.78, 5) is 12.2. The Bertz CT molecular complexity index is 1050. The number of rotatable bonds is 9. The topological polar surface area (TPSA) is 69.2 Å². The average Bonchev–Trinajstić information content (AvgIpc) is 2.82. The van der Waals surface area contributed by atoms with Crippen LogP contribution in [0.25, 0.3) is 11.1 Å². The van der Waals surface area contributed by atoms with Gasteiger partial charge in [-0.05, 0) is 36.2 Å². The maximum Gasteiger partial charge on any atom is 0.277 e. The first-order chi connectivity index (χ1) is 15.1. The van der Waals surface area contributed by atoms with Gasteiger partial charge in [0.25, 0.3) is 5.91 Å². The molecule has 0 atom stereocenters. The lowest BCUT2D eigenvalue weighted by atomic mass is 10.1. The second kappa shape index (κ2) is 10.8. The summed E-state index contributed by atoms with van der Waals surface area (Å²) < 4.78 is 16.3. The standard InChI is InChI=1S/C25H26N2O4/c1-18(15-19-13-14-23(29-2)24(16-19)30-3)26-27-25(28)17-31-22-12-8-7-11-21(22)20-9-5-4-6-10-20/h4-14,16H,15,17H2,1-3H3,(H,27,28)/b26-18-. The van der Waals surface area contributed by atoms with Crippen LogP contribution in [-0.4, -0.2) is 32.4 Å². The predicted octanol–water partition coefficient (Wildman–Crippen LogP) is 4.48. The van der Waals surface area contributed by atoms with Gasteiger partial charge in [-0.2, -0.15) is 5.10 Å². The molecule has 6 heteroatoms. The molecular formula is C25H26N2O4. The van der Waals surface area contributed by atoms with Gasteiger partial charge >= 0.3 is 0 Å². The molecular weight excluding hydrogens is 392 g/mol. The smallest absolute Gasteiger partial charge is 0.277 e. The van der Waals surface area contributed by atoms with Crippen LogP contribution in [0.2, 0.25) is 0 Å². The van der Waals surface area contributed by atoms with Crippen molar-refractivity contribution in [2.45, 2.75) is 13.3 Å². The van der Waals surface area contributed by atoms with Crippen LogP contribution in [0, 0.1) is 0 Å². The Morgan fingerprint density at radius 3 is 2.32 bits per heavy atom. The minimum Gasteiger partial charge on any atom is -0.493 e. The van der Waals surface area contributed by atoms with E-state index in [1.54, 1.807) is 14.2 Å². The summed E-state index contributed by atoms with van der Waals surface area (Å²) in [6, 6.07) is 23.2. The highest BCUT2D eigenvalue weighted by Crippen LogP contribution is 2.29. The van der Waals surface area contributed by atoms with Crippen LogP contribution in [0.4, 0.5) is 0 Å². The van der Waals surface area contributed by atoms with E-state index in [0.717, 1.165) is 22.4 Å². The maximum atomic E-state index is 12.2. The number of hydrazone groups is 1. The lowest BCUT2D eigenvalue weighted by Gasteiger charge is -2.11. The van der Waals surface area contributed by atoms with Gasteiger partial charge < -0.3 is 14.2 Å². The largest absolute Gasteiger partial charge is 0.493 e. The van der Waals surface area contributed by atoms with Crippen LogP contribution in [0.3, 0.4) is 0 Å². The normalized spacial score (nSPS) is 11.0. The average molecular weight is 418 g/mol. The molecule has 0 aliphatic heterocycles. The molecule has 160 valence electrons. The van der Waals surface area contributed by atoms with E-state index in [1.165, 1.54) is 0 Å². The van der Waals surface area contributed by atoms with E-state index in [4.69, 9.17) is 14.2 Å². The molecule has 0 bridgehead atoms. The summed E-state index contributed by atoms with van der Waals surface area (Å²) in [5.41, 5.74) is 6.27. The zero-order valence-electron chi connectivity index (χ0n) is 17.9. The number of nitrogens with one attached hydrogen (secondary N) is 1. The molecule has 0 aliphatic rings. The molecule has 0 spiro atoms. The van der Waals surface area contributed by atoms with Crippen LogP contribution >= 0.6 is 0 Å². The molecule has 31 heavy (non-hydrogen) atoms. The number of carbonyl (C=O) groups is 1. The van der Waals surface area contributed by atoms with Gasteiger partial charge in [0.2, 0.25) is 0 Å². The van der Waals surface area contributed by atoms with Crippen molar-refractivity contribution >= 4 is 11.6 Å². The Hall–Kier alpha value is -3.80. The summed E-state index contributed by atoms with van der Waals surface area (Å²) in [7, 11) is 3.19. The highest BCUT2D eigenvalue weighted by atomic mass is 16.5. The molecule has 0 radical (unpaired) electrons. The first-order valence-electron chi connectivity index (χ1n) is 9.91. The van der Waals surface area contributed by atoms with Gasteiger partial charge in [-0.3, -0.25) is 4.79 Å². The van der Waals surface area contributed by atoms with Crippen molar-refractivity contribution in [3.05, 3.63) is 78.4 Å². The lowest BCUT2D eigenvalue weighted by molar-refractivity contribution is -0.123. The molecule has 0 aromatic heterocycles. The van der Waals surface area contributed by atoms with Crippen LogP contribution in [0.15, 0.2) is 77.9 Å². The predicted molar refractivity (Wildman–Crippen MR) is 122 cm³/mol. The number of carbonyl (C=O) groups excluding carboxylic acids is 1. The van der Waals surface area contributed by atoms with Crippen molar-refractivity contribution in [1.29, 1.82) is 0 Å². The second-order valence-corrected chi connectivity index (χ2v) is 6.90. The van der Waals surface area contributed by atoms with Crippen LogP contribution < -0.4 is 19.6 Å². The summed E-state index contributed by atoms with van der Waals surface area (Å²) in [6.45, 7) is 1.72. The third-order valence-electron chi connectivity index (χ3n) is 4.61. The van der Waals surface area contributed by atoms with Crippen molar-refractivity contribution in [2.24, 2.45) is 5.10 Å². The Balaban J connectivity index is 1.57. The Morgan fingerprint density at radius 2 is 1.58 bits per heavy atom. The van der Waals surface area contributed by atoms with Crippen LogP contribution in [-0.2, 0) is 11.2 Å². The van der Waals surface area contributed by atoms with Gasteiger partial charge in [-0.1, -0.05) is 54.6 Å². The van der Waals surface area contributed by atoms with Gasteiger partial charge in [0, 0.05) is 17.7 Å². The lowest BCUT2D eigenvalue weighted by Crippen LogP contribution is -2.25. The summed E-state index contributed by atoms with van der Waals surface area (Å²) in [5.74, 6) is 1.65. The molecule has 1 N–H and O–H groups in total. The minimum absolute atomic E-state index is 0.128. The highest BCUT2D eigenvalue weighted by molar-refractivity contribution is 5.86. The third kappa shape index (κ3) is 6.09. The number of nitrogens with zero attached hydrogens (tertiary/aromatic N) is 1. The fourth-order valence-corrected chi connectivity index (χ4v) is 3.11. The number of benzene rings is 3. The van der Waals surface area contributed by atoms with E-state index in [9.17, 15) is 4.79 Å². The maximum absolute atomic E-state index is 12.2. The van der Waals surface area contributed by atoms with Crippen molar-refractivity contribution in [2.75, 3.05) is 20.8 Å². The monoisotopic (exact) mass is 418 g/mol. The molecule has 0 saturated heterocycles. The molecule has 0 heterocycles. The van der Waals surface area contributed by atoms with E-state index in [1.807, 2.05) is 79.7 Å². The van der Waals surface area contributed by atoms with Crippen molar-refractivity contribution in [3.63, 3.8) is 0 Å². The van der Waals surface area contributed by atoms with E-state index in [0.29, 0.717) is 23.7 Å². The Morgan fingerprint density at radius 1 is 0.871 bits per heavy atom. The third-order valence-corrected chi connectivity index (χ3v) is 4.61. The number of amides is 1. The molecule has 0 unspecified atom stereocenters. The molecule has 3 aromatic rings. The van der Waals surface area contributed by atoms with Gasteiger partial charge in [-0.15, -0.1) is 0 Å². The van der Waals surface area contributed by atoms with Gasteiger partial charge in [0.05, 0.1) is 14.2 Å². The summed E-state index contributed by atoms with van der Waals surface area (Å²) in [6.07, 6.45) is 0.568. The summed E-state index contributed by atoms with van der Waals surface area (Å²) in [5, 5.41) is 4.18. The number of ether oxygens (including phenoxy) is 3. The van der Waals surface area contributed by atoms with E-state index < -0.39 is 0 Å². The molecule has 3 rings (SSSR count). The fraction of sp³-hybridized carbons (Fsp3) is 0.200. The molecule has 0 aliphatic carbocycles. The van der Waals surface area contributed by atoms with E-state index >= 15 is 0 Å². The van der Waals surface area contributed by atoms with Crippen molar-refractivity contribution in [3.8, 4) is 28.4 Å². The SMILES string of the molecule is COc1ccc(C/C(C)=N\NC(=O)COc2ccccc2-c2ccccc2)cc1OC. The molecule has 0 saturated carbocycles. The Kier molecular flexibility index (Phi) is 7.65. The van der Waals surface area contributed by atoms with Gasteiger partial charge in [0.1, 0.15) is 5.75 Å². The molecule has 3 aromatic carbocycles.